The van der Waals surface area contributed by atoms with Gasteiger partial charge in [0.05, 0.1) is 6.42 Å². The van der Waals surface area contributed by atoms with E-state index >= 15 is 0 Å². The third kappa shape index (κ3) is 2.35. The molecule has 2 aliphatic rings. The van der Waals surface area contributed by atoms with Crippen LogP contribution in [-0.4, -0.2) is 12.0 Å². The van der Waals surface area contributed by atoms with Crippen molar-refractivity contribution in [1.29, 1.82) is 0 Å². The molecule has 0 bridgehead atoms. The van der Waals surface area contributed by atoms with Crippen LogP contribution in [-0.2, 0) is 9.53 Å². The van der Waals surface area contributed by atoms with Gasteiger partial charge in [0, 0.05) is 11.8 Å². The molecular weight excluding hydrogens is 202 g/mol. The van der Waals surface area contributed by atoms with E-state index in [2.05, 4.69) is 32.1 Å². The Hall–Kier alpha value is -1.51. The zero-order valence-corrected chi connectivity index (χ0v) is 9.69. The van der Waals surface area contributed by atoms with Crippen molar-refractivity contribution in [3.63, 3.8) is 0 Å². The van der Waals surface area contributed by atoms with Crippen molar-refractivity contribution in [1.82, 2.24) is 0 Å². The highest BCUT2D eigenvalue weighted by Crippen LogP contribution is 2.33. The van der Waals surface area contributed by atoms with Crippen molar-refractivity contribution >= 4 is 5.91 Å². The van der Waals surface area contributed by atoms with E-state index in [1.807, 2.05) is 6.08 Å². The maximum absolute atomic E-state index is 10.8. The second kappa shape index (κ2) is 3.81. The van der Waals surface area contributed by atoms with Gasteiger partial charge < -0.3 is 10.5 Å². The average molecular weight is 219 g/mol. The molecule has 1 amide bonds. The van der Waals surface area contributed by atoms with Gasteiger partial charge in [-0.15, -0.1) is 0 Å². The number of hydrogen-bond donors (Lipinski definition) is 1. The summed E-state index contributed by atoms with van der Waals surface area (Å²) in [4.78, 5) is 10.8. The molecule has 0 saturated carbocycles. The van der Waals surface area contributed by atoms with Gasteiger partial charge in [0.15, 0.2) is 0 Å². The van der Waals surface area contributed by atoms with Crippen molar-refractivity contribution in [2.75, 3.05) is 0 Å². The highest BCUT2D eigenvalue weighted by molar-refractivity contribution is 5.74. The van der Waals surface area contributed by atoms with Gasteiger partial charge in [0.1, 0.15) is 11.9 Å². The Morgan fingerprint density at radius 3 is 2.88 bits per heavy atom. The molecule has 3 nitrogen and oxygen atoms in total. The first-order chi connectivity index (χ1) is 7.46. The van der Waals surface area contributed by atoms with Crippen LogP contribution in [0.5, 0.6) is 0 Å². The molecule has 1 aliphatic carbocycles. The Labute approximate surface area is 95.7 Å². The predicted molar refractivity (Wildman–Crippen MR) is 62.4 cm³/mol. The maximum atomic E-state index is 10.8. The highest BCUT2D eigenvalue weighted by atomic mass is 16.5. The number of ether oxygens (including phenoxy) is 1. The van der Waals surface area contributed by atoms with Crippen molar-refractivity contribution in [3.8, 4) is 0 Å². The molecule has 1 aliphatic heterocycles. The molecule has 0 spiro atoms. The van der Waals surface area contributed by atoms with E-state index in [0.717, 1.165) is 17.8 Å². The average Bonchev–Trinajstić information content (AvgIpc) is 2.48. The summed E-state index contributed by atoms with van der Waals surface area (Å²) < 4.78 is 5.69. The lowest BCUT2D eigenvalue weighted by atomic mass is 9.93. The van der Waals surface area contributed by atoms with Crippen molar-refractivity contribution in [2.45, 2.75) is 32.8 Å². The number of carbonyl (C=O) groups excluding carboxylic acids is 1. The Morgan fingerprint density at radius 1 is 1.50 bits per heavy atom. The Bertz CT molecular complexity index is 374. The summed E-state index contributed by atoms with van der Waals surface area (Å²) in [5.41, 5.74) is 6.38. The third-order valence-corrected chi connectivity index (χ3v) is 2.86. The van der Waals surface area contributed by atoms with Crippen LogP contribution in [0.4, 0.5) is 0 Å². The number of amides is 1. The number of carbonyl (C=O) groups is 1. The summed E-state index contributed by atoms with van der Waals surface area (Å²) >= 11 is 0. The predicted octanol–water partition coefficient (Wildman–Crippen LogP) is 2.06. The van der Waals surface area contributed by atoms with E-state index in [-0.39, 0.29) is 23.8 Å². The van der Waals surface area contributed by atoms with Crippen molar-refractivity contribution in [2.24, 2.45) is 11.1 Å². The summed E-state index contributed by atoms with van der Waals surface area (Å²) in [5.74, 6) is 0.573. The lowest BCUT2D eigenvalue weighted by Gasteiger charge is -2.14. The van der Waals surface area contributed by atoms with Crippen LogP contribution in [0.2, 0.25) is 0 Å². The van der Waals surface area contributed by atoms with E-state index in [0.29, 0.717) is 0 Å². The van der Waals surface area contributed by atoms with Crippen LogP contribution in [0.3, 0.4) is 0 Å². The first-order valence-electron chi connectivity index (χ1n) is 5.53. The third-order valence-electron chi connectivity index (χ3n) is 2.86. The van der Waals surface area contributed by atoms with Crippen LogP contribution in [0.15, 0.2) is 35.6 Å². The zero-order valence-electron chi connectivity index (χ0n) is 9.69. The van der Waals surface area contributed by atoms with Crippen LogP contribution in [0, 0.1) is 5.41 Å². The lowest BCUT2D eigenvalue weighted by molar-refractivity contribution is -0.119. The first-order valence-corrected chi connectivity index (χ1v) is 5.53. The summed E-state index contributed by atoms with van der Waals surface area (Å²) in [5, 5.41) is 0. The number of rotatable bonds is 2. The Morgan fingerprint density at radius 2 is 2.19 bits per heavy atom. The van der Waals surface area contributed by atoms with Crippen LogP contribution >= 0.6 is 0 Å². The second-order valence-corrected chi connectivity index (χ2v) is 4.99. The number of nitrogens with two attached hydrogens (primary N) is 1. The molecular formula is C13H17NO2. The Kier molecular flexibility index (Phi) is 2.62. The van der Waals surface area contributed by atoms with Gasteiger partial charge in [-0.25, -0.2) is 0 Å². The molecule has 86 valence electrons. The van der Waals surface area contributed by atoms with Gasteiger partial charge in [0.25, 0.3) is 0 Å². The van der Waals surface area contributed by atoms with E-state index in [1.54, 1.807) is 0 Å². The highest BCUT2D eigenvalue weighted by Gasteiger charge is 2.26. The fourth-order valence-electron chi connectivity index (χ4n) is 1.94. The molecule has 3 heteroatoms. The van der Waals surface area contributed by atoms with E-state index in [1.165, 1.54) is 0 Å². The van der Waals surface area contributed by atoms with E-state index in [9.17, 15) is 4.79 Å². The van der Waals surface area contributed by atoms with Gasteiger partial charge >= 0.3 is 0 Å². The summed E-state index contributed by atoms with van der Waals surface area (Å²) in [6.07, 6.45) is 9.33. The molecule has 2 N–H and O–H groups in total. The minimum Gasteiger partial charge on any atom is -0.489 e. The molecule has 0 radical (unpaired) electrons. The second-order valence-electron chi connectivity index (χ2n) is 4.99. The number of primary amides is 1. The van der Waals surface area contributed by atoms with E-state index in [4.69, 9.17) is 10.5 Å². The standard InChI is InChI=1S/C13H17NO2/c1-13(2)5-3-9-7-10(8-12(14)15)16-11(9)4-6-13/h3-6,10H,7-8H2,1-2H3,(H2,14,15). The van der Waals surface area contributed by atoms with Crippen LogP contribution < -0.4 is 5.73 Å². The molecule has 2 rings (SSSR count). The largest absolute Gasteiger partial charge is 0.489 e. The molecule has 0 saturated heterocycles. The lowest BCUT2D eigenvalue weighted by Crippen LogP contribution is -2.19. The SMILES string of the molecule is CC1(C)C=CC2=C(C=C1)OC(CC(N)=O)C2. The fraction of sp³-hybridized carbons (Fsp3) is 0.462. The zero-order chi connectivity index (χ0) is 11.8. The van der Waals surface area contributed by atoms with Gasteiger partial charge in [0.2, 0.25) is 5.91 Å². The Balaban J connectivity index is 2.10. The normalized spacial score (nSPS) is 26.2. The smallest absolute Gasteiger partial charge is 0.221 e. The number of hydrogen-bond acceptors (Lipinski definition) is 2. The van der Waals surface area contributed by atoms with Crippen LogP contribution in [0.1, 0.15) is 26.7 Å². The maximum Gasteiger partial charge on any atom is 0.221 e. The molecule has 1 unspecified atom stereocenters. The number of allylic oxidation sites excluding steroid dienone is 4. The van der Waals surface area contributed by atoms with Crippen molar-refractivity contribution < 1.29 is 9.53 Å². The summed E-state index contributed by atoms with van der Waals surface area (Å²) in [7, 11) is 0. The quantitative estimate of drug-likeness (QED) is 0.772. The van der Waals surface area contributed by atoms with Crippen LogP contribution in [0.25, 0.3) is 0 Å². The fourth-order valence-corrected chi connectivity index (χ4v) is 1.94. The minimum atomic E-state index is -0.309. The monoisotopic (exact) mass is 219 g/mol. The first kappa shape index (κ1) is 11.0. The van der Waals surface area contributed by atoms with Gasteiger partial charge in [-0.3, -0.25) is 4.79 Å². The topological polar surface area (TPSA) is 52.3 Å². The molecule has 0 fully saturated rings. The summed E-state index contributed by atoms with van der Waals surface area (Å²) in [6, 6.07) is 0. The molecule has 0 aromatic rings. The molecule has 0 aromatic carbocycles. The summed E-state index contributed by atoms with van der Waals surface area (Å²) in [6.45, 7) is 4.28. The van der Waals surface area contributed by atoms with Gasteiger partial charge in [-0.1, -0.05) is 32.1 Å². The van der Waals surface area contributed by atoms with E-state index < -0.39 is 0 Å². The van der Waals surface area contributed by atoms with Gasteiger partial charge in [-0.05, 0) is 11.6 Å². The molecule has 1 heterocycles. The minimum absolute atomic E-state index is 0.0624. The van der Waals surface area contributed by atoms with Crippen molar-refractivity contribution in [3.05, 3.63) is 35.6 Å². The molecule has 16 heavy (non-hydrogen) atoms. The van der Waals surface area contributed by atoms with Gasteiger partial charge in [-0.2, -0.15) is 0 Å². The molecule has 1 atom stereocenters. The molecule has 0 aromatic heterocycles.